The molecule has 0 atom stereocenters. The third kappa shape index (κ3) is 21.8. The summed E-state index contributed by atoms with van der Waals surface area (Å²) in [7, 11) is 1.00. The van der Waals surface area contributed by atoms with Crippen LogP contribution in [-0.2, 0) is 38.0 Å². The Morgan fingerprint density at radius 3 is 1.86 bits per heavy atom. The van der Waals surface area contributed by atoms with Gasteiger partial charge in [0, 0.05) is 30.3 Å². The maximum Gasteiger partial charge on any atom is 0.249 e. The molecule has 1 rings (SSSR count). The highest BCUT2D eigenvalue weighted by Gasteiger charge is 2.14. The van der Waals surface area contributed by atoms with Crippen molar-refractivity contribution in [3.63, 3.8) is 0 Å². The third-order valence-electron chi connectivity index (χ3n) is 4.41. The fourth-order valence-corrected chi connectivity index (χ4v) is 3.04. The molecule has 0 heterocycles. The van der Waals surface area contributed by atoms with Crippen molar-refractivity contribution < 1.29 is 43.1 Å². The standard InChI is InChI=1S/C24H36N4O8S2.CH3N.CH4O/c1-37-17-35-22(25)18-14-19(23(26)36-24(27)38-2)16-20(15-18)28-21(30)4-7-32-9-11-34-13-12-33-10-8-31-6-3-5-29;2*1-2/h5,14-16,25-27H,3-4,6-13,17H2,1-2H3,(H,28,30);2H,1H2;2H,1H3. The lowest BCUT2D eigenvalue weighted by Gasteiger charge is -2.13. The first-order valence-electron chi connectivity index (χ1n) is 12.5. The van der Waals surface area contributed by atoms with Crippen LogP contribution in [0.1, 0.15) is 24.0 Å². The van der Waals surface area contributed by atoms with E-state index in [4.69, 9.17) is 55.2 Å². The van der Waals surface area contributed by atoms with Gasteiger partial charge in [-0.05, 0) is 37.4 Å². The van der Waals surface area contributed by atoms with E-state index in [1.807, 2.05) is 6.26 Å². The van der Waals surface area contributed by atoms with Crippen LogP contribution in [0.5, 0.6) is 0 Å². The number of anilines is 1. The molecule has 0 spiro atoms. The van der Waals surface area contributed by atoms with Crippen molar-refractivity contribution in [2.45, 2.75) is 12.8 Å². The van der Waals surface area contributed by atoms with Crippen LogP contribution in [0.2, 0.25) is 0 Å². The SMILES string of the molecule is C=N.CO.CSCOC(=N)c1cc(NC(=O)CCOCCOCCOCCOCCC=O)cc(C(=N)OC(=N)SC)c1. The lowest BCUT2D eigenvalue weighted by atomic mass is 10.1. The summed E-state index contributed by atoms with van der Waals surface area (Å²) in [6.45, 7) is 5.45. The van der Waals surface area contributed by atoms with Gasteiger partial charge in [0.1, 0.15) is 12.2 Å². The first-order chi connectivity index (χ1) is 20.4. The summed E-state index contributed by atoms with van der Waals surface area (Å²) < 4.78 is 31.9. The highest BCUT2D eigenvalue weighted by molar-refractivity contribution is 8.12. The van der Waals surface area contributed by atoms with Crippen molar-refractivity contribution in [3.05, 3.63) is 29.3 Å². The maximum absolute atomic E-state index is 12.4. The molecule has 42 heavy (non-hydrogen) atoms. The second kappa shape index (κ2) is 29.6. The van der Waals surface area contributed by atoms with E-state index >= 15 is 0 Å². The topological polar surface area (TPSA) is 217 Å². The average Bonchev–Trinajstić information content (AvgIpc) is 3.01. The molecule has 1 aromatic carbocycles. The molecule has 238 valence electrons. The summed E-state index contributed by atoms with van der Waals surface area (Å²) in [5.41, 5.74) is 1.01. The number of hydrogen-bond donors (Lipinski definition) is 6. The number of carbonyl (C=O) groups excluding carboxylic acids is 2. The van der Waals surface area contributed by atoms with Gasteiger partial charge in [-0.15, -0.1) is 11.8 Å². The maximum atomic E-state index is 12.4. The Bertz CT molecular complexity index is 926. The van der Waals surface area contributed by atoms with Crippen LogP contribution in [-0.4, -0.2) is 119 Å². The summed E-state index contributed by atoms with van der Waals surface area (Å²) in [5.74, 6) is -0.418. The molecular weight excluding hydrogens is 590 g/mol. The van der Waals surface area contributed by atoms with E-state index in [0.29, 0.717) is 63.9 Å². The van der Waals surface area contributed by atoms with E-state index in [9.17, 15) is 9.59 Å². The van der Waals surface area contributed by atoms with Gasteiger partial charge in [-0.1, -0.05) is 11.8 Å². The number of ether oxygens (including phenoxy) is 6. The van der Waals surface area contributed by atoms with Crippen molar-refractivity contribution >= 4 is 65.1 Å². The molecule has 0 radical (unpaired) electrons. The lowest BCUT2D eigenvalue weighted by molar-refractivity contribution is -0.117. The zero-order valence-corrected chi connectivity index (χ0v) is 26.0. The first-order valence-corrected chi connectivity index (χ1v) is 15.1. The van der Waals surface area contributed by atoms with E-state index in [0.717, 1.165) is 25.2 Å². The summed E-state index contributed by atoms with van der Waals surface area (Å²) in [4.78, 5) is 22.6. The molecule has 16 heteroatoms. The zero-order chi connectivity index (χ0) is 32.0. The average molecular weight is 634 g/mol. The molecule has 0 saturated heterocycles. The zero-order valence-electron chi connectivity index (χ0n) is 24.3. The van der Waals surface area contributed by atoms with Crippen LogP contribution in [0.15, 0.2) is 18.2 Å². The number of thioether (sulfide) groups is 2. The van der Waals surface area contributed by atoms with E-state index in [1.54, 1.807) is 12.3 Å². The molecule has 0 aliphatic heterocycles. The number of aldehydes is 1. The Balaban J connectivity index is 0. The molecule has 14 nitrogen and oxygen atoms in total. The second-order valence-corrected chi connectivity index (χ2v) is 8.90. The first kappa shape index (κ1) is 41.3. The highest BCUT2D eigenvalue weighted by atomic mass is 32.2. The minimum Gasteiger partial charge on any atom is -0.467 e. The van der Waals surface area contributed by atoms with E-state index in [-0.39, 0.29) is 47.5 Å². The Morgan fingerprint density at radius 2 is 1.36 bits per heavy atom. The Kier molecular flexibility index (Phi) is 29.1. The Hall–Kier alpha value is -2.86. The van der Waals surface area contributed by atoms with Crippen molar-refractivity contribution in [1.29, 1.82) is 21.6 Å². The predicted octanol–water partition coefficient (Wildman–Crippen LogP) is 2.85. The van der Waals surface area contributed by atoms with Crippen LogP contribution >= 0.6 is 23.5 Å². The lowest BCUT2D eigenvalue weighted by Crippen LogP contribution is -2.17. The van der Waals surface area contributed by atoms with Crippen LogP contribution < -0.4 is 5.32 Å². The quantitative estimate of drug-likeness (QED) is 0.0403. The molecule has 0 unspecified atom stereocenters. The van der Waals surface area contributed by atoms with E-state index in [1.165, 1.54) is 23.9 Å². The predicted molar refractivity (Wildman–Crippen MR) is 167 cm³/mol. The largest absolute Gasteiger partial charge is 0.467 e. The van der Waals surface area contributed by atoms with Gasteiger partial charge in [0.2, 0.25) is 22.9 Å². The van der Waals surface area contributed by atoms with Crippen molar-refractivity contribution in [2.75, 3.05) is 83.7 Å². The number of aliphatic hydroxyl groups is 1. The summed E-state index contributed by atoms with van der Waals surface area (Å²) in [6.07, 6.45) is 4.78. The van der Waals surface area contributed by atoms with Crippen LogP contribution in [0.25, 0.3) is 0 Å². The fraction of sp³-hybridized carbons (Fsp3) is 0.538. The summed E-state index contributed by atoms with van der Waals surface area (Å²) in [6, 6.07) is 4.64. The van der Waals surface area contributed by atoms with Gasteiger partial charge in [0.25, 0.3) is 0 Å². The highest BCUT2D eigenvalue weighted by Crippen LogP contribution is 2.18. The molecular formula is C26H43N5O9S2. The van der Waals surface area contributed by atoms with Gasteiger partial charge in [-0.3, -0.25) is 21.0 Å². The smallest absolute Gasteiger partial charge is 0.249 e. The molecule has 0 aromatic heterocycles. The van der Waals surface area contributed by atoms with Gasteiger partial charge in [0.05, 0.1) is 59.3 Å². The summed E-state index contributed by atoms with van der Waals surface area (Å²) in [5, 5.41) is 39.0. The van der Waals surface area contributed by atoms with Crippen LogP contribution in [0, 0.1) is 21.6 Å². The molecule has 0 aliphatic rings. The number of nitrogens with one attached hydrogen (secondary N) is 5. The van der Waals surface area contributed by atoms with Gasteiger partial charge in [0.15, 0.2) is 0 Å². The second-order valence-electron chi connectivity index (χ2n) is 7.30. The van der Waals surface area contributed by atoms with Crippen LogP contribution in [0.3, 0.4) is 0 Å². The van der Waals surface area contributed by atoms with Crippen molar-refractivity contribution in [3.8, 4) is 0 Å². The van der Waals surface area contributed by atoms with E-state index < -0.39 is 0 Å². The molecule has 0 bridgehead atoms. The number of aliphatic hydroxyl groups excluding tert-OH is 1. The number of benzene rings is 1. The molecule has 0 aliphatic carbocycles. The normalized spacial score (nSPS) is 9.81. The fourth-order valence-electron chi connectivity index (χ4n) is 2.64. The van der Waals surface area contributed by atoms with Gasteiger partial charge in [-0.2, -0.15) is 0 Å². The van der Waals surface area contributed by atoms with Gasteiger partial charge < -0.3 is 49.0 Å². The Labute approximate surface area is 255 Å². The minimum absolute atomic E-state index is 0.0955. The van der Waals surface area contributed by atoms with E-state index in [2.05, 4.69) is 12.0 Å². The van der Waals surface area contributed by atoms with Gasteiger partial charge >= 0.3 is 0 Å². The Morgan fingerprint density at radius 1 is 0.857 bits per heavy atom. The van der Waals surface area contributed by atoms with Crippen molar-refractivity contribution in [1.82, 2.24) is 0 Å². The number of hydrogen-bond acceptors (Lipinski definition) is 15. The summed E-state index contributed by atoms with van der Waals surface area (Å²) >= 11 is 2.46. The molecule has 6 N–H and O–H groups in total. The molecule has 1 aromatic rings. The molecule has 0 saturated carbocycles. The minimum atomic E-state index is -0.307. The van der Waals surface area contributed by atoms with Crippen molar-refractivity contribution in [2.24, 2.45) is 0 Å². The van der Waals surface area contributed by atoms with Crippen LogP contribution in [0.4, 0.5) is 5.69 Å². The molecule has 0 fully saturated rings. The van der Waals surface area contributed by atoms with Gasteiger partial charge in [-0.25, -0.2) is 0 Å². The number of rotatable bonds is 20. The number of amides is 1. The number of carbonyl (C=O) groups is 2. The third-order valence-corrected chi connectivity index (χ3v) is 5.22. The molecule has 1 amide bonds. The monoisotopic (exact) mass is 633 g/mol.